The zero-order chi connectivity index (χ0) is 25.8. The molecule has 1 saturated carbocycles. The number of aromatic amines is 1. The zero-order valence-corrected chi connectivity index (χ0v) is 21.3. The van der Waals surface area contributed by atoms with Gasteiger partial charge in [-0.2, -0.15) is 4.98 Å². The number of H-pyrrole nitrogens is 1. The van der Waals surface area contributed by atoms with Crippen LogP contribution < -0.4 is 15.4 Å². The number of rotatable bonds is 8. The molecule has 0 spiro atoms. The van der Waals surface area contributed by atoms with Crippen molar-refractivity contribution in [2.24, 2.45) is 5.92 Å². The second kappa shape index (κ2) is 11.0. The van der Waals surface area contributed by atoms with Crippen LogP contribution in [0.2, 0.25) is 0 Å². The van der Waals surface area contributed by atoms with Crippen molar-refractivity contribution in [3.63, 3.8) is 0 Å². The minimum atomic E-state index is -0.783. The van der Waals surface area contributed by atoms with Crippen molar-refractivity contribution < 1.29 is 19.4 Å². The first-order valence-corrected chi connectivity index (χ1v) is 12.3. The van der Waals surface area contributed by atoms with Gasteiger partial charge < -0.3 is 19.6 Å². The normalized spacial score (nSPS) is 18.3. The van der Waals surface area contributed by atoms with Gasteiger partial charge in [-0.15, -0.1) is 0 Å². The second-order valence-corrected chi connectivity index (χ2v) is 9.72. The SMILES string of the molecule is CC(C)=c1nc(OC2CC(C(=O)O)C2)[nH]/c1=C/C(Cl)=C(\C)c1ccc(-c2ccc(CC=O)cc2)cc1. The van der Waals surface area contributed by atoms with Crippen molar-refractivity contribution in [3.05, 3.63) is 75.4 Å². The number of hydrogen-bond acceptors (Lipinski definition) is 4. The lowest BCUT2D eigenvalue weighted by Gasteiger charge is -2.31. The molecule has 0 saturated heterocycles. The minimum absolute atomic E-state index is 0.150. The highest BCUT2D eigenvalue weighted by Crippen LogP contribution is 2.30. The van der Waals surface area contributed by atoms with E-state index >= 15 is 0 Å². The maximum absolute atomic E-state index is 11.0. The number of carboxylic acids is 1. The molecule has 2 aromatic carbocycles. The predicted molar refractivity (Wildman–Crippen MR) is 142 cm³/mol. The van der Waals surface area contributed by atoms with E-state index in [9.17, 15) is 9.59 Å². The Morgan fingerprint density at radius 2 is 1.69 bits per heavy atom. The molecule has 1 aliphatic rings. The first kappa shape index (κ1) is 25.5. The van der Waals surface area contributed by atoms with Gasteiger partial charge in [0.25, 0.3) is 6.01 Å². The Morgan fingerprint density at radius 3 is 2.25 bits per heavy atom. The van der Waals surface area contributed by atoms with Crippen LogP contribution in [-0.2, 0) is 16.0 Å². The number of imidazole rings is 1. The lowest BCUT2D eigenvalue weighted by atomic mass is 9.82. The Kier molecular flexibility index (Phi) is 7.75. The van der Waals surface area contributed by atoms with Gasteiger partial charge in [0.05, 0.1) is 16.6 Å². The molecule has 2 N–H and O–H groups in total. The highest BCUT2D eigenvalue weighted by atomic mass is 35.5. The van der Waals surface area contributed by atoms with Gasteiger partial charge in [-0.25, -0.2) is 0 Å². The van der Waals surface area contributed by atoms with Crippen molar-refractivity contribution in [1.82, 2.24) is 9.97 Å². The summed E-state index contributed by atoms with van der Waals surface area (Å²) < 4.78 is 5.87. The third kappa shape index (κ3) is 5.77. The van der Waals surface area contributed by atoms with E-state index in [1.807, 2.05) is 63.2 Å². The van der Waals surface area contributed by atoms with Gasteiger partial charge in [0.1, 0.15) is 12.4 Å². The van der Waals surface area contributed by atoms with E-state index in [1.54, 1.807) is 0 Å². The van der Waals surface area contributed by atoms with Gasteiger partial charge in [0.2, 0.25) is 0 Å². The molecule has 3 aromatic rings. The van der Waals surface area contributed by atoms with Gasteiger partial charge >= 0.3 is 5.97 Å². The molecule has 0 atom stereocenters. The number of ether oxygens (including phenoxy) is 1. The summed E-state index contributed by atoms with van der Waals surface area (Å²) in [6.45, 7) is 5.91. The van der Waals surface area contributed by atoms with E-state index in [4.69, 9.17) is 21.4 Å². The number of aldehydes is 1. The monoisotopic (exact) mass is 504 g/mol. The molecule has 0 radical (unpaired) electrons. The number of carbonyl (C=O) groups excluding carboxylic acids is 1. The van der Waals surface area contributed by atoms with Crippen LogP contribution in [0.25, 0.3) is 28.3 Å². The molecule has 7 heteroatoms. The standard InChI is InChI=1S/C29H29ClN2O4/c1-17(2)27-26(31-29(32-27)36-24-14-23(15-24)28(34)35)16-25(30)18(3)20-8-10-22(11-9-20)21-6-4-19(5-7-21)12-13-33/h4-11,13,16,23-24H,12,14-15H2,1-3H3,(H,31,32)(H,34,35)/b25-18-,26-16+. The smallest absolute Gasteiger partial charge is 0.306 e. The number of nitrogens with one attached hydrogen (secondary N) is 1. The van der Waals surface area contributed by atoms with Gasteiger partial charge in [-0.3, -0.25) is 4.79 Å². The van der Waals surface area contributed by atoms with Gasteiger partial charge in [0.15, 0.2) is 0 Å². The van der Waals surface area contributed by atoms with Gasteiger partial charge in [0, 0.05) is 11.5 Å². The third-order valence-electron chi connectivity index (χ3n) is 6.46. The van der Waals surface area contributed by atoms with Crippen LogP contribution in [0.15, 0.2) is 53.6 Å². The summed E-state index contributed by atoms with van der Waals surface area (Å²) in [6.07, 6.45) is 3.99. The summed E-state index contributed by atoms with van der Waals surface area (Å²) in [5, 5.41) is 11.2. The third-order valence-corrected chi connectivity index (χ3v) is 6.85. The highest BCUT2D eigenvalue weighted by Gasteiger charge is 2.36. The number of carbonyl (C=O) groups is 2. The summed E-state index contributed by atoms with van der Waals surface area (Å²) in [6, 6.07) is 16.5. The van der Waals surface area contributed by atoms with Crippen LogP contribution in [0.5, 0.6) is 6.01 Å². The minimum Gasteiger partial charge on any atom is -0.481 e. The average Bonchev–Trinajstić information content (AvgIpc) is 3.24. The Bertz CT molecular complexity index is 1410. The molecule has 0 unspecified atom stereocenters. The fourth-order valence-electron chi connectivity index (χ4n) is 4.14. The molecule has 6 nitrogen and oxygen atoms in total. The number of aliphatic carboxylic acids is 1. The molecule has 1 aromatic heterocycles. The average molecular weight is 505 g/mol. The molecule has 0 aliphatic heterocycles. The Labute approximate surface area is 215 Å². The molecular formula is C29H29ClN2O4. The predicted octanol–water partition coefficient (Wildman–Crippen LogP) is 4.70. The summed E-state index contributed by atoms with van der Waals surface area (Å²) in [5.41, 5.74) is 6.09. The van der Waals surface area contributed by atoms with Crippen molar-refractivity contribution >= 4 is 41.1 Å². The number of allylic oxidation sites excluding steroid dienone is 2. The lowest BCUT2D eigenvalue weighted by Crippen LogP contribution is -2.38. The Morgan fingerprint density at radius 1 is 1.08 bits per heavy atom. The summed E-state index contributed by atoms with van der Waals surface area (Å²) >= 11 is 6.72. The topological polar surface area (TPSA) is 92.3 Å². The van der Waals surface area contributed by atoms with Crippen molar-refractivity contribution in [3.8, 4) is 17.1 Å². The Balaban J connectivity index is 1.55. The quantitative estimate of drug-likeness (QED) is 0.434. The molecule has 0 bridgehead atoms. The van der Waals surface area contributed by atoms with Crippen LogP contribution in [0.1, 0.15) is 44.7 Å². The number of carboxylic acid groups (broad SMARTS) is 1. The maximum atomic E-state index is 11.0. The lowest BCUT2D eigenvalue weighted by molar-refractivity contribution is -0.148. The molecular weight excluding hydrogens is 476 g/mol. The van der Waals surface area contributed by atoms with Crippen LogP contribution in [0, 0.1) is 5.92 Å². The number of aromatic nitrogens is 2. The molecule has 36 heavy (non-hydrogen) atoms. The molecule has 1 heterocycles. The number of hydrogen-bond donors (Lipinski definition) is 2. The van der Waals surface area contributed by atoms with Crippen molar-refractivity contribution in [2.75, 3.05) is 0 Å². The fourth-order valence-corrected chi connectivity index (χ4v) is 4.36. The molecule has 0 amide bonds. The van der Waals surface area contributed by atoms with Gasteiger partial charge in [-0.05, 0) is 73.1 Å². The summed E-state index contributed by atoms with van der Waals surface area (Å²) in [7, 11) is 0. The van der Waals surface area contributed by atoms with E-state index in [2.05, 4.69) is 22.1 Å². The molecule has 4 rings (SSSR count). The van der Waals surface area contributed by atoms with Crippen LogP contribution in [0.3, 0.4) is 0 Å². The van der Waals surface area contributed by atoms with Gasteiger partial charge in [-0.1, -0.05) is 60.1 Å². The van der Waals surface area contributed by atoms with Crippen LogP contribution in [0.4, 0.5) is 0 Å². The Hall–Kier alpha value is -3.64. The molecule has 1 aliphatic carbocycles. The van der Waals surface area contributed by atoms with Crippen molar-refractivity contribution in [1.29, 1.82) is 0 Å². The van der Waals surface area contributed by atoms with E-state index in [-0.39, 0.29) is 12.0 Å². The highest BCUT2D eigenvalue weighted by molar-refractivity contribution is 6.37. The second-order valence-electron chi connectivity index (χ2n) is 9.31. The van der Waals surface area contributed by atoms with Crippen LogP contribution in [-0.4, -0.2) is 33.4 Å². The first-order chi connectivity index (χ1) is 17.2. The van der Waals surface area contributed by atoms with E-state index in [1.165, 1.54) is 0 Å². The van der Waals surface area contributed by atoms with E-state index in [0.29, 0.717) is 30.3 Å². The van der Waals surface area contributed by atoms with E-state index < -0.39 is 5.97 Å². The summed E-state index contributed by atoms with van der Waals surface area (Å²) in [4.78, 5) is 29.5. The molecule has 1 fully saturated rings. The first-order valence-electron chi connectivity index (χ1n) is 11.9. The van der Waals surface area contributed by atoms with E-state index in [0.717, 1.165) is 50.4 Å². The summed E-state index contributed by atoms with van der Waals surface area (Å²) in [5.74, 6) is -1.13. The fraction of sp³-hybridized carbons (Fsp3) is 0.276. The number of nitrogens with zero attached hydrogens (tertiary/aromatic N) is 1. The van der Waals surface area contributed by atoms with Crippen LogP contribution >= 0.6 is 11.6 Å². The number of benzene rings is 2. The maximum Gasteiger partial charge on any atom is 0.306 e. The van der Waals surface area contributed by atoms with Crippen molar-refractivity contribution in [2.45, 2.75) is 46.1 Å². The molecule has 186 valence electrons. The largest absolute Gasteiger partial charge is 0.481 e. The number of halogens is 1. The zero-order valence-electron chi connectivity index (χ0n) is 20.5.